The van der Waals surface area contributed by atoms with Crippen LogP contribution in [0.25, 0.3) is 21.8 Å². The summed E-state index contributed by atoms with van der Waals surface area (Å²) in [6, 6.07) is 6.66. The van der Waals surface area contributed by atoms with E-state index < -0.39 is 22.0 Å². The number of H-pyrrole nitrogens is 2. The summed E-state index contributed by atoms with van der Waals surface area (Å²) in [5.41, 5.74) is -2.34. The molecular weight excluding hydrogens is 346 g/mol. The molecule has 2 N–H and O–H groups in total. The lowest BCUT2D eigenvalue weighted by atomic mass is 10.1. The fraction of sp³-hybridized carbons (Fsp3) is 0.0588. The van der Waals surface area contributed by atoms with E-state index in [2.05, 4.69) is 9.97 Å². The van der Waals surface area contributed by atoms with Gasteiger partial charge in [0, 0.05) is 17.4 Å². The molecule has 0 atom stereocenters. The van der Waals surface area contributed by atoms with E-state index in [1.54, 1.807) is 24.3 Å². The topological polar surface area (TPSA) is 105 Å². The first kappa shape index (κ1) is 15.3. The normalized spacial score (nSPS) is 11.4. The highest BCUT2D eigenvalue weighted by Crippen LogP contribution is 2.11. The summed E-state index contributed by atoms with van der Waals surface area (Å²) in [6.45, 7) is -0.0738. The van der Waals surface area contributed by atoms with Gasteiger partial charge in [-0.3, -0.25) is 23.7 Å². The molecule has 2 aromatic carbocycles. The zero-order valence-electron chi connectivity index (χ0n) is 12.6. The van der Waals surface area contributed by atoms with Gasteiger partial charge in [0.1, 0.15) is 21.8 Å². The van der Waals surface area contributed by atoms with Crippen molar-refractivity contribution in [3.05, 3.63) is 88.4 Å². The third-order valence-electron chi connectivity index (χ3n) is 4.09. The smallest absolute Gasteiger partial charge is 0.266 e. The van der Waals surface area contributed by atoms with Crippen LogP contribution in [-0.2, 0) is 6.54 Å². The predicted molar refractivity (Wildman–Crippen MR) is 95.0 cm³/mol. The zero-order valence-corrected chi connectivity index (χ0v) is 13.4. The molecule has 2 aromatic heterocycles. The van der Waals surface area contributed by atoms with E-state index in [4.69, 9.17) is 11.6 Å². The molecule has 124 valence electrons. The van der Waals surface area contributed by atoms with Gasteiger partial charge < -0.3 is 9.97 Å². The summed E-state index contributed by atoms with van der Waals surface area (Å²) in [5, 5.41) is -0.321. The van der Waals surface area contributed by atoms with Gasteiger partial charge in [-0.1, -0.05) is 23.7 Å². The maximum Gasteiger partial charge on any atom is 0.266 e. The Labute approximate surface area is 143 Å². The van der Waals surface area contributed by atoms with Crippen LogP contribution < -0.4 is 22.0 Å². The van der Waals surface area contributed by atoms with Crippen LogP contribution in [0.1, 0.15) is 5.56 Å². The number of nitrogens with zero attached hydrogens (tertiary/aromatic N) is 1. The van der Waals surface area contributed by atoms with Crippen LogP contribution in [0.5, 0.6) is 0 Å². The maximum atomic E-state index is 12.6. The summed E-state index contributed by atoms with van der Waals surface area (Å²) in [4.78, 5) is 55.7. The van der Waals surface area contributed by atoms with Gasteiger partial charge in [-0.15, -0.1) is 0 Å². The molecule has 0 aliphatic heterocycles. The Morgan fingerprint density at radius 3 is 1.96 bits per heavy atom. The Hall–Kier alpha value is -3.19. The van der Waals surface area contributed by atoms with E-state index in [0.29, 0.717) is 10.6 Å². The average molecular weight is 356 g/mol. The SMILES string of the molecule is O=c1c2[nH]cc[nH]c2c(=O)c2c(=O)n(Cc3cccc(Cl)c3)c(=O)c12. The molecule has 4 rings (SSSR count). The number of rotatable bonds is 2. The third kappa shape index (κ3) is 2.20. The van der Waals surface area contributed by atoms with Crippen molar-refractivity contribution >= 4 is 33.4 Å². The van der Waals surface area contributed by atoms with Crippen LogP contribution in [0.3, 0.4) is 0 Å². The maximum absolute atomic E-state index is 12.6. The van der Waals surface area contributed by atoms with Crippen LogP contribution in [0.15, 0.2) is 55.8 Å². The number of hydrogen-bond acceptors (Lipinski definition) is 4. The highest BCUT2D eigenvalue weighted by molar-refractivity contribution is 6.30. The first-order chi connectivity index (χ1) is 12.0. The van der Waals surface area contributed by atoms with Gasteiger partial charge in [-0.25, -0.2) is 0 Å². The largest absolute Gasteiger partial charge is 0.355 e. The molecule has 2 heterocycles. The van der Waals surface area contributed by atoms with Gasteiger partial charge in [0.2, 0.25) is 10.9 Å². The van der Waals surface area contributed by atoms with Gasteiger partial charge >= 0.3 is 0 Å². The van der Waals surface area contributed by atoms with Crippen molar-refractivity contribution in [3.8, 4) is 0 Å². The van der Waals surface area contributed by atoms with Crippen molar-refractivity contribution in [2.24, 2.45) is 0 Å². The van der Waals surface area contributed by atoms with Crippen LogP contribution in [0, 0.1) is 0 Å². The Kier molecular flexibility index (Phi) is 3.33. The van der Waals surface area contributed by atoms with Crippen LogP contribution in [0.4, 0.5) is 0 Å². The second kappa shape index (κ2) is 5.42. The zero-order chi connectivity index (χ0) is 17.7. The molecule has 8 heteroatoms. The highest BCUT2D eigenvalue weighted by atomic mass is 35.5. The van der Waals surface area contributed by atoms with Gasteiger partial charge in [0.05, 0.1) is 6.54 Å². The molecule has 7 nitrogen and oxygen atoms in total. The second-order valence-corrected chi connectivity index (χ2v) is 6.04. The van der Waals surface area contributed by atoms with E-state index in [9.17, 15) is 19.2 Å². The molecule has 0 fully saturated rings. The van der Waals surface area contributed by atoms with Crippen molar-refractivity contribution in [1.29, 1.82) is 0 Å². The van der Waals surface area contributed by atoms with Gasteiger partial charge in [-0.2, -0.15) is 0 Å². The van der Waals surface area contributed by atoms with Gasteiger partial charge in [-0.05, 0) is 17.7 Å². The summed E-state index contributed by atoms with van der Waals surface area (Å²) in [7, 11) is 0. The van der Waals surface area contributed by atoms with Crippen molar-refractivity contribution in [1.82, 2.24) is 14.5 Å². The first-order valence-corrected chi connectivity index (χ1v) is 7.73. The van der Waals surface area contributed by atoms with Crippen LogP contribution in [-0.4, -0.2) is 14.5 Å². The lowest BCUT2D eigenvalue weighted by Gasteiger charge is -2.01. The summed E-state index contributed by atoms with van der Waals surface area (Å²) in [5.74, 6) is 0. The molecule has 0 saturated carbocycles. The van der Waals surface area contributed by atoms with Crippen molar-refractivity contribution in [3.63, 3.8) is 0 Å². The minimum Gasteiger partial charge on any atom is -0.355 e. The van der Waals surface area contributed by atoms with Gasteiger partial charge in [0.25, 0.3) is 11.1 Å². The molecule has 0 radical (unpaired) electrons. The summed E-state index contributed by atoms with van der Waals surface area (Å²) < 4.78 is 0.887. The number of fused-ring (bicyclic) bond motifs is 2. The minimum absolute atomic E-state index is 0.0306. The second-order valence-electron chi connectivity index (χ2n) is 5.61. The monoisotopic (exact) mass is 355 g/mol. The molecule has 25 heavy (non-hydrogen) atoms. The van der Waals surface area contributed by atoms with Crippen molar-refractivity contribution < 1.29 is 0 Å². The fourth-order valence-electron chi connectivity index (χ4n) is 2.96. The first-order valence-electron chi connectivity index (χ1n) is 7.35. The van der Waals surface area contributed by atoms with Crippen LogP contribution >= 0.6 is 11.6 Å². The molecule has 4 aromatic rings. The lowest BCUT2D eigenvalue weighted by Crippen LogP contribution is -2.27. The molecule has 0 bridgehead atoms. The van der Waals surface area contributed by atoms with E-state index in [1.165, 1.54) is 12.4 Å². The summed E-state index contributed by atoms with van der Waals surface area (Å²) >= 11 is 5.92. The number of hydrogen-bond donors (Lipinski definition) is 2. The predicted octanol–water partition coefficient (Wildman–Crippen LogP) is 1.03. The molecule has 0 saturated heterocycles. The number of aromatic nitrogens is 3. The van der Waals surface area contributed by atoms with Crippen LogP contribution in [0.2, 0.25) is 5.02 Å². The van der Waals surface area contributed by atoms with E-state index in [-0.39, 0.29) is 28.4 Å². The number of aromatic amines is 2. The quantitative estimate of drug-likeness (QED) is 0.560. The molecule has 0 amide bonds. The number of benzene rings is 2. The summed E-state index contributed by atoms with van der Waals surface area (Å²) in [6.07, 6.45) is 2.86. The highest BCUT2D eigenvalue weighted by Gasteiger charge is 2.22. The number of halogens is 1. The molecule has 0 unspecified atom stereocenters. The fourth-order valence-corrected chi connectivity index (χ4v) is 3.17. The lowest BCUT2D eigenvalue weighted by molar-refractivity contribution is 0.754. The van der Waals surface area contributed by atoms with E-state index >= 15 is 0 Å². The number of nitrogens with one attached hydrogen (secondary N) is 2. The van der Waals surface area contributed by atoms with E-state index in [0.717, 1.165) is 4.57 Å². The average Bonchev–Trinajstić information content (AvgIpc) is 2.85. The molecule has 0 spiro atoms. The van der Waals surface area contributed by atoms with Crippen molar-refractivity contribution in [2.75, 3.05) is 0 Å². The van der Waals surface area contributed by atoms with Crippen molar-refractivity contribution in [2.45, 2.75) is 6.54 Å². The Bertz CT molecular complexity index is 1290. The van der Waals surface area contributed by atoms with E-state index in [1.807, 2.05) is 0 Å². The Balaban J connectivity index is 2.10. The molecule has 0 aliphatic rings. The minimum atomic E-state index is -0.777. The Morgan fingerprint density at radius 1 is 0.880 bits per heavy atom. The Morgan fingerprint density at radius 2 is 1.44 bits per heavy atom. The van der Waals surface area contributed by atoms with Gasteiger partial charge in [0.15, 0.2) is 0 Å². The third-order valence-corrected chi connectivity index (χ3v) is 4.33. The molecule has 0 aliphatic carbocycles. The molecular formula is C17H10ClN3O4. The standard InChI is InChI=1S/C17H10ClN3O4/c18-9-3-1-2-8(6-9)7-21-16(24)10-11(17(21)25)15(23)13-12(14(10)22)19-4-5-20-13/h1-6,19-20H,7H2.